The van der Waals surface area contributed by atoms with Crippen LogP contribution in [0.3, 0.4) is 0 Å². The lowest BCUT2D eigenvalue weighted by Crippen LogP contribution is -2.29. The van der Waals surface area contributed by atoms with E-state index in [4.69, 9.17) is 9.72 Å². The smallest absolute Gasteiger partial charge is 0.282 e. The van der Waals surface area contributed by atoms with E-state index in [0.29, 0.717) is 34.6 Å². The van der Waals surface area contributed by atoms with E-state index >= 15 is 0 Å². The first-order valence-electron chi connectivity index (χ1n) is 10.8. The van der Waals surface area contributed by atoms with Gasteiger partial charge in [-0.2, -0.15) is 15.0 Å². The molecule has 1 aromatic heterocycles. The molecule has 0 aliphatic heterocycles. The number of rotatable bonds is 5. The third-order valence-corrected chi connectivity index (χ3v) is 6.61. The predicted octanol–water partition coefficient (Wildman–Crippen LogP) is 6.39. The Morgan fingerprint density at radius 2 is 1.94 bits per heavy atom. The zero-order valence-corrected chi connectivity index (χ0v) is 23.2. The standard InChI is InChI=1S/C27H22BrIN4O2/c1-27(2,3)26-32-23-10-9-20(28)13-21(23)25(34)33(26)31-15-17-8-11-24(22(29)12-17)35-16-19-7-5-4-6-18(19)14-30/h4-13,15H,16H2,1-3H3. The summed E-state index contributed by atoms with van der Waals surface area (Å²) in [5.74, 6) is 1.29. The first kappa shape index (κ1) is 25.1. The summed E-state index contributed by atoms with van der Waals surface area (Å²) in [7, 11) is 0. The lowest BCUT2D eigenvalue weighted by atomic mass is 9.95. The van der Waals surface area contributed by atoms with E-state index in [1.54, 1.807) is 18.3 Å². The van der Waals surface area contributed by atoms with Gasteiger partial charge in [0.15, 0.2) is 0 Å². The number of nitriles is 1. The molecule has 0 fully saturated rings. The van der Waals surface area contributed by atoms with Gasteiger partial charge in [0.25, 0.3) is 5.56 Å². The maximum atomic E-state index is 13.3. The Bertz CT molecular complexity index is 1550. The van der Waals surface area contributed by atoms with Crippen LogP contribution in [0, 0.1) is 14.9 Å². The number of hydrogen-bond donors (Lipinski definition) is 0. The van der Waals surface area contributed by atoms with E-state index < -0.39 is 0 Å². The summed E-state index contributed by atoms with van der Waals surface area (Å²) < 4.78 is 9.04. The fourth-order valence-electron chi connectivity index (χ4n) is 3.49. The molecule has 6 nitrogen and oxygen atoms in total. The van der Waals surface area contributed by atoms with Crippen molar-refractivity contribution in [2.75, 3.05) is 0 Å². The fraction of sp³-hybridized carbons (Fsp3) is 0.185. The Hall–Kier alpha value is -3.03. The largest absolute Gasteiger partial charge is 0.488 e. The van der Waals surface area contributed by atoms with Crippen molar-refractivity contribution in [2.45, 2.75) is 32.8 Å². The monoisotopic (exact) mass is 640 g/mol. The number of benzene rings is 3. The maximum absolute atomic E-state index is 13.3. The molecule has 0 bridgehead atoms. The van der Waals surface area contributed by atoms with Crippen molar-refractivity contribution in [1.82, 2.24) is 9.66 Å². The van der Waals surface area contributed by atoms with Gasteiger partial charge in [0, 0.05) is 15.5 Å². The average molecular weight is 641 g/mol. The molecule has 0 atom stereocenters. The van der Waals surface area contributed by atoms with Crippen molar-refractivity contribution >= 4 is 55.6 Å². The van der Waals surface area contributed by atoms with Gasteiger partial charge in [0.1, 0.15) is 18.2 Å². The molecule has 4 aromatic rings. The number of hydrogen-bond acceptors (Lipinski definition) is 5. The minimum absolute atomic E-state index is 0.219. The third-order valence-electron chi connectivity index (χ3n) is 5.28. The van der Waals surface area contributed by atoms with Gasteiger partial charge in [-0.1, -0.05) is 54.9 Å². The van der Waals surface area contributed by atoms with Gasteiger partial charge in [0.2, 0.25) is 0 Å². The highest BCUT2D eigenvalue weighted by atomic mass is 127. The van der Waals surface area contributed by atoms with Crippen LogP contribution < -0.4 is 10.3 Å². The van der Waals surface area contributed by atoms with Gasteiger partial charge in [0.05, 0.1) is 32.3 Å². The van der Waals surface area contributed by atoms with Crippen molar-refractivity contribution in [3.05, 3.63) is 102 Å². The van der Waals surface area contributed by atoms with Crippen LogP contribution in [0.5, 0.6) is 5.75 Å². The first-order chi connectivity index (χ1) is 16.7. The molecule has 0 saturated heterocycles. The molecule has 1 heterocycles. The normalized spacial score (nSPS) is 11.7. The minimum atomic E-state index is -0.385. The molecule has 0 N–H and O–H groups in total. The molecule has 35 heavy (non-hydrogen) atoms. The maximum Gasteiger partial charge on any atom is 0.282 e. The van der Waals surface area contributed by atoms with Gasteiger partial charge in [-0.25, -0.2) is 4.98 Å². The van der Waals surface area contributed by atoms with E-state index in [0.717, 1.165) is 19.2 Å². The molecule has 0 aliphatic carbocycles. The molecule has 0 amide bonds. The Morgan fingerprint density at radius 3 is 2.66 bits per heavy atom. The predicted molar refractivity (Wildman–Crippen MR) is 150 cm³/mol. The summed E-state index contributed by atoms with van der Waals surface area (Å²) in [5, 5.41) is 14.3. The van der Waals surface area contributed by atoms with E-state index in [-0.39, 0.29) is 11.0 Å². The number of aromatic nitrogens is 2. The molecule has 4 rings (SSSR count). The highest BCUT2D eigenvalue weighted by molar-refractivity contribution is 14.1. The molecule has 0 spiro atoms. The van der Waals surface area contributed by atoms with Gasteiger partial charge < -0.3 is 4.74 Å². The SMILES string of the molecule is CC(C)(C)c1nc2ccc(Br)cc2c(=O)n1N=Cc1ccc(OCc2ccccc2C#N)c(I)c1. The van der Waals surface area contributed by atoms with Crippen molar-refractivity contribution < 1.29 is 4.74 Å². The molecule has 8 heteroatoms. The van der Waals surface area contributed by atoms with Crippen LogP contribution in [0.1, 0.15) is 43.3 Å². The molecular weight excluding hydrogens is 619 g/mol. The lowest BCUT2D eigenvalue weighted by Gasteiger charge is -2.20. The quantitative estimate of drug-likeness (QED) is 0.187. The Kier molecular flexibility index (Phi) is 7.38. The summed E-state index contributed by atoms with van der Waals surface area (Å²) in [6.07, 6.45) is 1.65. The zero-order valence-electron chi connectivity index (χ0n) is 19.4. The first-order valence-corrected chi connectivity index (χ1v) is 12.7. The van der Waals surface area contributed by atoms with Gasteiger partial charge in [-0.05, 0) is 70.6 Å². The number of nitrogens with zero attached hydrogens (tertiary/aromatic N) is 4. The second kappa shape index (κ2) is 10.3. The highest BCUT2D eigenvalue weighted by Crippen LogP contribution is 2.25. The molecule has 0 radical (unpaired) electrons. The minimum Gasteiger partial charge on any atom is -0.488 e. The third kappa shape index (κ3) is 5.63. The molecule has 176 valence electrons. The van der Waals surface area contributed by atoms with E-state index in [9.17, 15) is 10.1 Å². The van der Waals surface area contributed by atoms with E-state index in [2.05, 4.69) is 49.7 Å². The summed E-state index contributed by atoms with van der Waals surface area (Å²) in [6.45, 7) is 6.32. The number of fused-ring (bicyclic) bond motifs is 1. The lowest BCUT2D eigenvalue weighted by molar-refractivity contribution is 0.303. The van der Waals surface area contributed by atoms with Crippen LogP contribution in [-0.2, 0) is 12.0 Å². The second-order valence-electron chi connectivity index (χ2n) is 8.96. The molecule has 0 aliphatic rings. The topological polar surface area (TPSA) is 80.3 Å². The number of ether oxygens (including phenoxy) is 1. The number of halogens is 2. The second-order valence-corrected chi connectivity index (χ2v) is 11.0. The zero-order chi connectivity index (χ0) is 25.2. The van der Waals surface area contributed by atoms with Crippen LogP contribution in [-0.4, -0.2) is 15.9 Å². The Balaban J connectivity index is 1.64. The average Bonchev–Trinajstić information content (AvgIpc) is 2.82. The molecule has 0 saturated carbocycles. The van der Waals surface area contributed by atoms with Crippen LogP contribution in [0.25, 0.3) is 10.9 Å². The highest BCUT2D eigenvalue weighted by Gasteiger charge is 2.23. The fourth-order valence-corrected chi connectivity index (χ4v) is 4.55. The van der Waals surface area contributed by atoms with Crippen LogP contribution >= 0.6 is 38.5 Å². The van der Waals surface area contributed by atoms with Crippen LogP contribution in [0.4, 0.5) is 0 Å². The van der Waals surface area contributed by atoms with Gasteiger partial charge in [-0.3, -0.25) is 4.79 Å². The van der Waals surface area contributed by atoms with Crippen LogP contribution in [0.15, 0.2) is 75.0 Å². The van der Waals surface area contributed by atoms with Gasteiger partial charge in [-0.15, -0.1) is 0 Å². The molecule has 3 aromatic carbocycles. The van der Waals surface area contributed by atoms with Crippen molar-refractivity contribution in [3.8, 4) is 11.8 Å². The van der Waals surface area contributed by atoms with E-state index in [1.165, 1.54) is 4.68 Å². The Morgan fingerprint density at radius 1 is 1.17 bits per heavy atom. The van der Waals surface area contributed by atoms with Crippen molar-refractivity contribution in [3.63, 3.8) is 0 Å². The van der Waals surface area contributed by atoms with Gasteiger partial charge >= 0.3 is 0 Å². The summed E-state index contributed by atoms with van der Waals surface area (Å²) >= 11 is 5.64. The van der Waals surface area contributed by atoms with Crippen LogP contribution in [0.2, 0.25) is 0 Å². The molecule has 0 unspecified atom stereocenters. The summed E-state index contributed by atoms with van der Waals surface area (Å²) in [5.41, 5.74) is 2.29. The van der Waals surface area contributed by atoms with E-state index in [1.807, 2.05) is 69.3 Å². The van der Waals surface area contributed by atoms with Crippen molar-refractivity contribution in [2.24, 2.45) is 5.10 Å². The molecular formula is C27H22BrIN4O2. The summed E-state index contributed by atoms with van der Waals surface area (Å²) in [6, 6.07) is 20.7. The Labute approximate surface area is 225 Å². The van der Waals surface area contributed by atoms with Crippen molar-refractivity contribution in [1.29, 1.82) is 5.26 Å². The summed E-state index contributed by atoms with van der Waals surface area (Å²) in [4.78, 5) is 18.1.